The van der Waals surface area contributed by atoms with Crippen LogP contribution in [0.4, 0.5) is 0 Å². The summed E-state index contributed by atoms with van der Waals surface area (Å²) in [6.07, 6.45) is -0.523. The Hall–Kier alpha value is -2.34. The van der Waals surface area contributed by atoms with E-state index in [1.54, 1.807) is 7.11 Å². The van der Waals surface area contributed by atoms with Crippen molar-refractivity contribution in [1.29, 1.82) is 0 Å². The van der Waals surface area contributed by atoms with E-state index in [9.17, 15) is 5.11 Å². The van der Waals surface area contributed by atoms with Gasteiger partial charge in [0.05, 0.1) is 13.2 Å². The van der Waals surface area contributed by atoms with Gasteiger partial charge in [0.2, 0.25) is 0 Å². The molecule has 0 bridgehead atoms. The molecule has 0 radical (unpaired) electrons. The Morgan fingerprint density at radius 1 is 1.03 bits per heavy atom. The second-order valence-corrected chi connectivity index (χ2v) is 8.07. The van der Waals surface area contributed by atoms with E-state index in [0.717, 1.165) is 60.6 Å². The number of fused-ring (bicyclic) bond motifs is 1. The highest BCUT2D eigenvalue weighted by molar-refractivity contribution is 5.87. The Kier molecular flexibility index (Phi) is 5.90. The summed E-state index contributed by atoms with van der Waals surface area (Å²) in [6.45, 7) is 7.67. The normalized spacial score (nSPS) is 17.0. The highest BCUT2D eigenvalue weighted by atomic mass is 16.5. The number of methoxy groups -OCH3 is 1. The van der Waals surface area contributed by atoms with Gasteiger partial charge >= 0.3 is 0 Å². The zero-order valence-electron chi connectivity index (χ0n) is 17.6. The smallest absolute Gasteiger partial charge is 0.119 e. The number of rotatable bonds is 6. The molecule has 0 aliphatic carbocycles. The maximum atomic E-state index is 11.3. The van der Waals surface area contributed by atoms with Gasteiger partial charge in [-0.3, -0.25) is 4.90 Å². The van der Waals surface area contributed by atoms with E-state index in [1.807, 2.05) is 12.1 Å². The molecule has 1 aromatic heterocycles. The van der Waals surface area contributed by atoms with Crippen LogP contribution in [-0.4, -0.2) is 66.4 Å². The topological polar surface area (TPSA) is 40.9 Å². The van der Waals surface area contributed by atoms with Gasteiger partial charge < -0.3 is 19.3 Å². The fourth-order valence-electron chi connectivity index (χ4n) is 4.37. The lowest BCUT2D eigenvalue weighted by Crippen LogP contribution is -2.45. The van der Waals surface area contributed by atoms with Gasteiger partial charge in [0.15, 0.2) is 0 Å². The summed E-state index contributed by atoms with van der Waals surface area (Å²) in [7, 11) is 3.84. The van der Waals surface area contributed by atoms with Crippen LogP contribution in [0, 0.1) is 6.92 Å². The van der Waals surface area contributed by atoms with Gasteiger partial charge in [-0.15, -0.1) is 0 Å². The number of hydrogen-bond acceptors (Lipinski definition) is 4. The van der Waals surface area contributed by atoms with Crippen molar-refractivity contribution >= 4 is 10.9 Å². The Morgan fingerprint density at radius 3 is 2.45 bits per heavy atom. The van der Waals surface area contributed by atoms with Crippen LogP contribution in [0.15, 0.2) is 48.5 Å². The van der Waals surface area contributed by atoms with Crippen LogP contribution in [0.5, 0.6) is 5.75 Å². The van der Waals surface area contributed by atoms with Crippen molar-refractivity contribution in [2.75, 3.05) is 46.9 Å². The molecule has 0 amide bonds. The first-order valence-corrected chi connectivity index (χ1v) is 10.4. The van der Waals surface area contributed by atoms with E-state index in [0.29, 0.717) is 6.54 Å². The molecule has 0 spiro atoms. The first-order chi connectivity index (χ1) is 14.1. The van der Waals surface area contributed by atoms with Crippen molar-refractivity contribution in [2.45, 2.75) is 19.6 Å². The molecule has 1 aliphatic heterocycles. The first-order valence-electron chi connectivity index (χ1n) is 10.4. The predicted octanol–water partition coefficient (Wildman–Crippen LogP) is 3.29. The van der Waals surface area contributed by atoms with E-state index >= 15 is 0 Å². The zero-order chi connectivity index (χ0) is 20.4. The van der Waals surface area contributed by atoms with E-state index in [2.05, 4.69) is 64.7 Å². The molecular weight excluding hydrogens is 362 g/mol. The number of aliphatic hydroxyl groups is 1. The molecule has 0 saturated carbocycles. The number of ether oxygens (including phenoxy) is 1. The molecular formula is C24H31N3O2. The lowest BCUT2D eigenvalue weighted by molar-refractivity contribution is 0.0808. The Morgan fingerprint density at radius 2 is 1.76 bits per heavy atom. The minimum Gasteiger partial charge on any atom is -0.497 e. The van der Waals surface area contributed by atoms with Crippen molar-refractivity contribution in [2.24, 2.45) is 0 Å². The van der Waals surface area contributed by atoms with Crippen molar-refractivity contribution in [3.63, 3.8) is 0 Å². The maximum Gasteiger partial charge on any atom is 0.119 e. The fraction of sp³-hybridized carbons (Fsp3) is 0.417. The van der Waals surface area contributed by atoms with Crippen LogP contribution in [0.25, 0.3) is 10.9 Å². The molecule has 1 N–H and O–H groups in total. The number of benzene rings is 2. The van der Waals surface area contributed by atoms with Gasteiger partial charge in [-0.05, 0) is 37.7 Å². The predicted molar refractivity (Wildman–Crippen MR) is 118 cm³/mol. The van der Waals surface area contributed by atoms with E-state index in [-0.39, 0.29) is 0 Å². The number of aromatic nitrogens is 1. The van der Waals surface area contributed by atoms with Gasteiger partial charge in [-0.1, -0.05) is 30.3 Å². The van der Waals surface area contributed by atoms with Gasteiger partial charge in [0.1, 0.15) is 5.75 Å². The molecule has 1 saturated heterocycles. The summed E-state index contributed by atoms with van der Waals surface area (Å²) in [5.74, 6) is 0.822. The molecule has 1 aliphatic rings. The number of nitrogens with zero attached hydrogens (tertiary/aromatic N) is 3. The molecule has 1 fully saturated rings. The van der Waals surface area contributed by atoms with Crippen molar-refractivity contribution in [3.8, 4) is 5.75 Å². The second-order valence-electron chi connectivity index (χ2n) is 8.07. The minimum absolute atomic E-state index is 0.523. The summed E-state index contributed by atoms with van der Waals surface area (Å²) in [4.78, 5) is 4.70. The third-order valence-electron chi connectivity index (χ3n) is 6.12. The zero-order valence-corrected chi connectivity index (χ0v) is 17.6. The maximum absolute atomic E-state index is 11.3. The lowest BCUT2D eigenvalue weighted by Gasteiger charge is -2.33. The molecule has 5 heteroatoms. The summed E-state index contributed by atoms with van der Waals surface area (Å²) in [5, 5.41) is 12.3. The number of aliphatic hydroxyl groups excluding tert-OH is 1. The first kappa shape index (κ1) is 20.0. The van der Waals surface area contributed by atoms with Crippen LogP contribution in [0.3, 0.4) is 0 Å². The summed E-state index contributed by atoms with van der Waals surface area (Å²) < 4.78 is 7.79. The van der Waals surface area contributed by atoms with Crippen LogP contribution < -0.4 is 4.74 Å². The Balaban J connectivity index is 1.70. The summed E-state index contributed by atoms with van der Waals surface area (Å²) in [5.41, 5.74) is 4.54. The summed E-state index contributed by atoms with van der Waals surface area (Å²) >= 11 is 0. The number of likely N-dealkylation sites (N-methyl/N-ethyl adjacent to an activating group) is 1. The molecule has 1 unspecified atom stereocenters. The van der Waals surface area contributed by atoms with Crippen LogP contribution in [0.2, 0.25) is 0 Å². The van der Waals surface area contributed by atoms with Crippen LogP contribution in [-0.2, 0) is 6.54 Å². The standard InChI is InChI=1S/C24H31N3O2/c1-18-24(23(28)17-26-13-11-25(2)12-14-26)21-15-20(29-3)9-10-22(21)27(18)16-19-7-5-4-6-8-19/h4-10,15,23,28H,11-14,16-17H2,1-3H3. The third-order valence-corrected chi connectivity index (χ3v) is 6.12. The van der Waals surface area contributed by atoms with Crippen molar-refractivity contribution < 1.29 is 9.84 Å². The monoisotopic (exact) mass is 393 g/mol. The highest BCUT2D eigenvalue weighted by Gasteiger charge is 2.24. The molecule has 2 aromatic carbocycles. The fourth-order valence-corrected chi connectivity index (χ4v) is 4.37. The summed E-state index contributed by atoms with van der Waals surface area (Å²) in [6, 6.07) is 16.7. The molecule has 5 nitrogen and oxygen atoms in total. The van der Waals surface area contributed by atoms with Crippen LogP contribution in [0.1, 0.15) is 22.9 Å². The SMILES string of the molecule is COc1ccc2c(c1)c(C(O)CN1CCN(C)CC1)c(C)n2Cc1ccccc1. The molecule has 2 heterocycles. The number of piperazine rings is 1. The van der Waals surface area contributed by atoms with Gasteiger partial charge in [0.25, 0.3) is 0 Å². The molecule has 154 valence electrons. The molecule has 1 atom stereocenters. The van der Waals surface area contributed by atoms with E-state index in [1.165, 1.54) is 5.56 Å². The van der Waals surface area contributed by atoms with E-state index < -0.39 is 6.10 Å². The van der Waals surface area contributed by atoms with Crippen LogP contribution >= 0.6 is 0 Å². The van der Waals surface area contributed by atoms with Gasteiger partial charge in [-0.25, -0.2) is 0 Å². The lowest BCUT2D eigenvalue weighted by atomic mass is 10.0. The number of β-amino-alcohol motifs (C(OH)–C–C–N with tert-alkyl or cyclic N) is 1. The average molecular weight is 394 g/mol. The van der Waals surface area contributed by atoms with E-state index in [4.69, 9.17) is 4.74 Å². The molecule has 3 aromatic rings. The average Bonchev–Trinajstić information content (AvgIpc) is 3.01. The minimum atomic E-state index is -0.523. The second kappa shape index (κ2) is 8.57. The third kappa shape index (κ3) is 4.17. The largest absolute Gasteiger partial charge is 0.497 e. The quantitative estimate of drug-likeness (QED) is 0.698. The van der Waals surface area contributed by atoms with Crippen molar-refractivity contribution in [1.82, 2.24) is 14.4 Å². The van der Waals surface area contributed by atoms with Gasteiger partial charge in [0, 0.05) is 61.4 Å². The highest BCUT2D eigenvalue weighted by Crippen LogP contribution is 2.34. The Labute approximate surface area is 173 Å². The Bertz CT molecular complexity index is 959. The molecule has 29 heavy (non-hydrogen) atoms. The number of hydrogen-bond donors (Lipinski definition) is 1. The molecule has 4 rings (SSSR count). The van der Waals surface area contributed by atoms with Crippen molar-refractivity contribution in [3.05, 3.63) is 65.4 Å². The van der Waals surface area contributed by atoms with Gasteiger partial charge in [-0.2, -0.15) is 0 Å².